The summed E-state index contributed by atoms with van der Waals surface area (Å²) in [6.45, 7) is 4.34. The number of anilines is 1. The first kappa shape index (κ1) is 23.0. The van der Waals surface area contributed by atoms with Gasteiger partial charge >= 0.3 is 0 Å². The lowest BCUT2D eigenvalue weighted by Crippen LogP contribution is -2.28. The zero-order valence-corrected chi connectivity index (χ0v) is 20.5. The number of sulfonamides is 1. The maximum absolute atomic E-state index is 13.4. The Morgan fingerprint density at radius 1 is 1.15 bits per heavy atom. The summed E-state index contributed by atoms with van der Waals surface area (Å²) in [5.74, 6) is 1.27. The molecule has 0 unspecified atom stereocenters. The molecule has 0 aliphatic heterocycles. The second-order valence-corrected chi connectivity index (χ2v) is 11.4. The van der Waals surface area contributed by atoms with Gasteiger partial charge in [0.05, 0.1) is 36.1 Å². The summed E-state index contributed by atoms with van der Waals surface area (Å²) < 4.78 is 34.9. The molecule has 4 N–H and O–H groups in total. The Bertz CT molecular complexity index is 1340. The molecule has 0 spiro atoms. The minimum absolute atomic E-state index is 0.102. The number of hydrogen-bond acceptors (Lipinski definition) is 7. The van der Waals surface area contributed by atoms with E-state index in [-0.39, 0.29) is 22.9 Å². The van der Waals surface area contributed by atoms with E-state index in [2.05, 4.69) is 15.0 Å². The Labute approximate surface area is 200 Å². The zero-order chi connectivity index (χ0) is 24.0. The van der Waals surface area contributed by atoms with Crippen molar-refractivity contribution < 1.29 is 13.2 Å². The number of pyridine rings is 2. The number of aromatic nitrogens is 2. The molecule has 0 saturated heterocycles. The lowest BCUT2D eigenvalue weighted by atomic mass is 9.98. The van der Waals surface area contributed by atoms with E-state index in [9.17, 15) is 8.42 Å². The van der Waals surface area contributed by atoms with Crippen LogP contribution < -0.4 is 20.5 Å². The molecule has 1 aromatic carbocycles. The van der Waals surface area contributed by atoms with E-state index in [1.165, 1.54) is 0 Å². The van der Waals surface area contributed by atoms with Crippen LogP contribution in [0.1, 0.15) is 67.9 Å². The molecule has 0 amide bonds. The first-order chi connectivity index (χ1) is 16.3. The van der Waals surface area contributed by atoms with Crippen molar-refractivity contribution >= 4 is 26.5 Å². The monoisotopic (exact) mass is 481 g/mol. The average molecular weight is 482 g/mol. The van der Waals surface area contributed by atoms with Gasteiger partial charge in [0.1, 0.15) is 5.75 Å². The van der Waals surface area contributed by atoms with Gasteiger partial charge in [-0.1, -0.05) is 13.8 Å². The van der Waals surface area contributed by atoms with Crippen LogP contribution in [0.2, 0.25) is 0 Å². The Kier molecular flexibility index (Phi) is 5.95. The molecule has 2 aliphatic rings. The molecule has 0 radical (unpaired) electrons. The van der Waals surface area contributed by atoms with Crippen molar-refractivity contribution in [2.45, 2.75) is 56.0 Å². The molecule has 0 bridgehead atoms. The molecular formula is C25H31N5O3S. The van der Waals surface area contributed by atoms with Gasteiger partial charge in [-0.15, -0.1) is 0 Å². The van der Waals surface area contributed by atoms with Gasteiger partial charge in [-0.05, 0) is 48.4 Å². The Hall–Kier alpha value is -2.75. The molecule has 2 heterocycles. The van der Waals surface area contributed by atoms with Gasteiger partial charge in [0.2, 0.25) is 10.0 Å². The molecule has 2 atom stereocenters. The summed E-state index contributed by atoms with van der Waals surface area (Å²) in [6, 6.07) is 5.22. The normalized spacial score (nSPS) is 20.0. The van der Waals surface area contributed by atoms with Crippen molar-refractivity contribution in [1.29, 1.82) is 0 Å². The fourth-order valence-electron chi connectivity index (χ4n) is 4.66. The van der Waals surface area contributed by atoms with E-state index in [0.29, 0.717) is 30.0 Å². The number of nitrogens with one attached hydrogen (secondary N) is 2. The minimum atomic E-state index is -3.71. The first-order valence-electron chi connectivity index (χ1n) is 11.7. The molecule has 1 saturated carbocycles. The third kappa shape index (κ3) is 4.35. The SMILES string of the molecule is COc1cncc(N[C@@H]2C[C@@H](N)c3cc(S(=O)(=O)NCC(C)C)c4cc(C5CC5)ncc4c32)c1. The molecule has 5 rings (SSSR count). The highest BCUT2D eigenvalue weighted by atomic mass is 32.2. The third-order valence-corrected chi connectivity index (χ3v) is 8.04. The van der Waals surface area contributed by atoms with Gasteiger partial charge < -0.3 is 15.8 Å². The highest BCUT2D eigenvalue weighted by molar-refractivity contribution is 7.89. The summed E-state index contributed by atoms with van der Waals surface area (Å²) in [5, 5.41) is 5.06. The maximum Gasteiger partial charge on any atom is 0.241 e. The predicted octanol–water partition coefficient (Wildman–Crippen LogP) is 4.01. The largest absolute Gasteiger partial charge is 0.495 e. The van der Waals surface area contributed by atoms with Gasteiger partial charge in [0.15, 0.2) is 0 Å². The molecule has 180 valence electrons. The molecular weight excluding hydrogens is 450 g/mol. The van der Waals surface area contributed by atoms with Crippen LogP contribution in [-0.4, -0.2) is 32.0 Å². The molecule has 9 heteroatoms. The number of methoxy groups -OCH3 is 1. The van der Waals surface area contributed by atoms with Crippen molar-refractivity contribution in [1.82, 2.24) is 14.7 Å². The molecule has 8 nitrogen and oxygen atoms in total. The topological polar surface area (TPSA) is 119 Å². The summed E-state index contributed by atoms with van der Waals surface area (Å²) >= 11 is 0. The van der Waals surface area contributed by atoms with Crippen molar-refractivity contribution in [2.24, 2.45) is 11.7 Å². The average Bonchev–Trinajstić information content (AvgIpc) is 3.62. The van der Waals surface area contributed by atoms with Crippen LogP contribution in [0, 0.1) is 5.92 Å². The number of ether oxygens (including phenoxy) is 1. The van der Waals surface area contributed by atoms with Crippen molar-refractivity contribution in [3.05, 3.63) is 53.6 Å². The van der Waals surface area contributed by atoms with Crippen LogP contribution in [0.3, 0.4) is 0 Å². The van der Waals surface area contributed by atoms with E-state index in [4.69, 9.17) is 15.5 Å². The maximum atomic E-state index is 13.4. The van der Waals surface area contributed by atoms with Crippen LogP contribution in [-0.2, 0) is 10.0 Å². The smallest absolute Gasteiger partial charge is 0.241 e. The second-order valence-electron chi connectivity index (χ2n) is 9.70. The molecule has 2 aromatic heterocycles. The number of rotatable bonds is 8. The van der Waals surface area contributed by atoms with Gasteiger partial charge in [-0.25, -0.2) is 13.1 Å². The first-order valence-corrected chi connectivity index (χ1v) is 13.2. The lowest BCUT2D eigenvalue weighted by molar-refractivity contribution is 0.413. The highest BCUT2D eigenvalue weighted by Gasteiger charge is 2.35. The summed E-state index contributed by atoms with van der Waals surface area (Å²) in [4.78, 5) is 9.24. The van der Waals surface area contributed by atoms with Crippen LogP contribution in [0.5, 0.6) is 5.75 Å². The highest BCUT2D eigenvalue weighted by Crippen LogP contribution is 2.47. The van der Waals surface area contributed by atoms with Gasteiger partial charge in [0.25, 0.3) is 0 Å². The predicted molar refractivity (Wildman–Crippen MR) is 132 cm³/mol. The van der Waals surface area contributed by atoms with Crippen LogP contribution >= 0.6 is 0 Å². The van der Waals surface area contributed by atoms with E-state index >= 15 is 0 Å². The number of hydrogen-bond donors (Lipinski definition) is 3. The Morgan fingerprint density at radius 2 is 1.94 bits per heavy atom. The fraction of sp³-hybridized carbons (Fsp3) is 0.440. The van der Waals surface area contributed by atoms with Gasteiger partial charge in [0, 0.05) is 47.2 Å². The van der Waals surface area contributed by atoms with Crippen molar-refractivity contribution in [3.63, 3.8) is 0 Å². The lowest BCUT2D eigenvalue weighted by Gasteiger charge is -2.19. The van der Waals surface area contributed by atoms with E-state index < -0.39 is 10.0 Å². The van der Waals surface area contributed by atoms with Gasteiger partial charge in [-0.3, -0.25) is 9.97 Å². The van der Waals surface area contributed by atoms with Gasteiger partial charge in [-0.2, -0.15) is 0 Å². The van der Waals surface area contributed by atoms with Crippen LogP contribution in [0.4, 0.5) is 5.69 Å². The Morgan fingerprint density at radius 3 is 2.65 bits per heavy atom. The molecule has 34 heavy (non-hydrogen) atoms. The molecule has 1 fully saturated rings. The summed E-state index contributed by atoms with van der Waals surface area (Å²) in [7, 11) is -2.11. The van der Waals surface area contributed by atoms with E-state index in [0.717, 1.165) is 40.7 Å². The number of fused-ring (bicyclic) bond motifs is 3. The molecule has 3 aromatic rings. The summed E-state index contributed by atoms with van der Waals surface area (Å²) in [5.41, 5.74) is 10.2. The third-order valence-electron chi connectivity index (χ3n) is 6.57. The minimum Gasteiger partial charge on any atom is -0.495 e. The van der Waals surface area contributed by atoms with Crippen molar-refractivity contribution in [3.8, 4) is 5.75 Å². The zero-order valence-electron chi connectivity index (χ0n) is 19.7. The number of nitrogens with two attached hydrogens (primary N) is 1. The van der Waals surface area contributed by atoms with Crippen LogP contribution in [0.25, 0.3) is 10.8 Å². The van der Waals surface area contributed by atoms with Crippen LogP contribution in [0.15, 0.2) is 41.7 Å². The quantitative estimate of drug-likeness (QED) is 0.445. The fourth-order valence-corrected chi connectivity index (χ4v) is 6.11. The van der Waals surface area contributed by atoms with E-state index in [1.807, 2.05) is 32.2 Å². The summed E-state index contributed by atoms with van der Waals surface area (Å²) in [6.07, 6.45) is 8.05. The standard InChI is InChI=1S/C25H31N5O3S/c1-14(2)10-29-34(31,32)24-8-19-21(26)9-23(30-16-6-17(33-3)12-27-11-16)25(19)20-13-28-22(7-18(20)24)15-4-5-15/h6-8,11-15,21,23,29-30H,4-5,9-10,26H2,1-3H3/t21-,23-/m1/s1. The number of nitrogens with zero attached hydrogens (tertiary/aromatic N) is 2. The van der Waals surface area contributed by atoms with E-state index in [1.54, 1.807) is 25.6 Å². The second kappa shape index (κ2) is 8.79. The number of benzene rings is 1. The van der Waals surface area contributed by atoms with Crippen molar-refractivity contribution in [2.75, 3.05) is 19.0 Å². The molecule has 2 aliphatic carbocycles. The Balaban J connectivity index is 1.64.